The van der Waals surface area contributed by atoms with Gasteiger partial charge in [0.05, 0.1) is 11.3 Å². The molecule has 0 bridgehead atoms. The maximum absolute atomic E-state index is 11.9. The highest BCUT2D eigenvalue weighted by Crippen LogP contribution is 2.29. The highest BCUT2D eigenvalue weighted by molar-refractivity contribution is 6.05. The molecule has 2 rings (SSSR count). The number of nitrogens with zero attached hydrogens (tertiary/aromatic N) is 1. The molecule has 0 aliphatic carbocycles. The third-order valence-electron chi connectivity index (χ3n) is 2.98. The van der Waals surface area contributed by atoms with Crippen LogP contribution in [-0.2, 0) is 4.79 Å². The zero-order chi connectivity index (χ0) is 14.7. The third kappa shape index (κ3) is 2.69. The van der Waals surface area contributed by atoms with Crippen molar-refractivity contribution >= 4 is 23.3 Å². The summed E-state index contributed by atoms with van der Waals surface area (Å²) in [5, 5.41) is 9.25. The van der Waals surface area contributed by atoms with Gasteiger partial charge in [-0.3, -0.25) is 9.69 Å². The molecule has 0 saturated heterocycles. The molecule has 20 heavy (non-hydrogen) atoms. The summed E-state index contributed by atoms with van der Waals surface area (Å²) in [6.07, 6.45) is 0. The summed E-state index contributed by atoms with van der Waals surface area (Å²) in [5.74, 6) is -1.29. The van der Waals surface area contributed by atoms with E-state index in [-0.39, 0.29) is 11.5 Å². The van der Waals surface area contributed by atoms with Crippen molar-refractivity contribution in [3.05, 3.63) is 59.7 Å². The van der Waals surface area contributed by atoms with E-state index >= 15 is 0 Å². The van der Waals surface area contributed by atoms with Gasteiger partial charge in [0.1, 0.15) is 0 Å². The average molecular weight is 269 g/mol. The number of para-hydroxylation sites is 1. The summed E-state index contributed by atoms with van der Waals surface area (Å²) in [4.78, 5) is 24.6. The van der Waals surface area contributed by atoms with Gasteiger partial charge in [-0.25, -0.2) is 4.79 Å². The Hall–Kier alpha value is -2.62. The minimum Gasteiger partial charge on any atom is -0.478 e. The van der Waals surface area contributed by atoms with Crippen LogP contribution < -0.4 is 4.90 Å². The van der Waals surface area contributed by atoms with Crippen LogP contribution in [0.5, 0.6) is 0 Å². The molecular weight excluding hydrogens is 254 g/mol. The molecule has 0 aromatic heterocycles. The van der Waals surface area contributed by atoms with Gasteiger partial charge in [0.2, 0.25) is 5.91 Å². The van der Waals surface area contributed by atoms with Crippen LogP contribution in [-0.4, -0.2) is 17.0 Å². The van der Waals surface area contributed by atoms with E-state index in [4.69, 9.17) is 0 Å². The van der Waals surface area contributed by atoms with E-state index in [0.717, 1.165) is 5.56 Å². The van der Waals surface area contributed by atoms with Crippen molar-refractivity contribution in [3.63, 3.8) is 0 Å². The Labute approximate surface area is 117 Å². The summed E-state index contributed by atoms with van der Waals surface area (Å²) in [5.41, 5.74) is 2.19. The first-order valence-corrected chi connectivity index (χ1v) is 6.20. The second-order valence-electron chi connectivity index (χ2n) is 4.51. The Balaban J connectivity index is 2.58. The number of hydrogen-bond donors (Lipinski definition) is 1. The molecule has 0 atom stereocenters. The lowest BCUT2D eigenvalue weighted by molar-refractivity contribution is -0.115. The Bertz CT molecular complexity index is 647. The summed E-state index contributed by atoms with van der Waals surface area (Å²) >= 11 is 0. The van der Waals surface area contributed by atoms with E-state index in [0.29, 0.717) is 11.4 Å². The molecule has 4 heteroatoms. The molecule has 1 amide bonds. The summed E-state index contributed by atoms with van der Waals surface area (Å²) < 4.78 is 0. The zero-order valence-corrected chi connectivity index (χ0v) is 11.3. The van der Waals surface area contributed by atoms with Crippen LogP contribution >= 0.6 is 0 Å². The predicted molar refractivity (Wildman–Crippen MR) is 77.4 cm³/mol. The van der Waals surface area contributed by atoms with Gasteiger partial charge in [-0.2, -0.15) is 0 Å². The second kappa shape index (κ2) is 5.57. The van der Waals surface area contributed by atoms with Crippen LogP contribution in [0.15, 0.2) is 48.5 Å². The molecule has 4 nitrogen and oxygen atoms in total. The van der Waals surface area contributed by atoms with Gasteiger partial charge in [0.25, 0.3) is 0 Å². The number of carboxylic acids is 1. The predicted octanol–water partition coefficient (Wildman–Crippen LogP) is 3.38. The Kier molecular flexibility index (Phi) is 3.84. The molecule has 0 radical (unpaired) electrons. The smallest absolute Gasteiger partial charge is 0.337 e. The lowest BCUT2D eigenvalue weighted by Gasteiger charge is -2.23. The normalized spacial score (nSPS) is 10.1. The molecule has 0 fully saturated rings. The van der Waals surface area contributed by atoms with Crippen molar-refractivity contribution in [1.82, 2.24) is 0 Å². The lowest BCUT2D eigenvalue weighted by atomic mass is 10.1. The van der Waals surface area contributed by atoms with E-state index in [1.54, 1.807) is 30.3 Å². The Morgan fingerprint density at radius 2 is 1.60 bits per heavy atom. The number of rotatable bonds is 3. The van der Waals surface area contributed by atoms with Crippen LogP contribution in [0, 0.1) is 6.92 Å². The molecule has 0 saturated carbocycles. The summed E-state index contributed by atoms with van der Waals surface area (Å²) in [7, 11) is 0. The fourth-order valence-corrected chi connectivity index (χ4v) is 2.03. The number of aromatic carboxylic acids is 1. The monoisotopic (exact) mass is 269 g/mol. The number of hydrogen-bond acceptors (Lipinski definition) is 2. The molecule has 1 N–H and O–H groups in total. The Morgan fingerprint density at radius 3 is 2.15 bits per heavy atom. The number of benzene rings is 2. The van der Waals surface area contributed by atoms with Crippen LogP contribution in [0.4, 0.5) is 11.4 Å². The van der Waals surface area contributed by atoms with E-state index in [9.17, 15) is 14.7 Å². The van der Waals surface area contributed by atoms with Crippen LogP contribution in [0.25, 0.3) is 0 Å². The van der Waals surface area contributed by atoms with Crippen molar-refractivity contribution in [2.24, 2.45) is 0 Å². The minimum absolute atomic E-state index is 0.100. The summed E-state index contributed by atoms with van der Waals surface area (Å²) in [6.45, 7) is 3.37. The molecule has 0 heterocycles. The maximum Gasteiger partial charge on any atom is 0.337 e. The molecule has 0 aliphatic heterocycles. The number of carbonyl (C=O) groups is 2. The SMILES string of the molecule is CC(=O)N(c1ccc(C)cc1)c1ccccc1C(=O)O. The van der Waals surface area contributed by atoms with Crippen LogP contribution in [0.2, 0.25) is 0 Å². The van der Waals surface area contributed by atoms with E-state index < -0.39 is 5.97 Å². The zero-order valence-electron chi connectivity index (χ0n) is 11.3. The van der Waals surface area contributed by atoms with E-state index in [1.807, 2.05) is 19.1 Å². The van der Waals surface area contributed by atoms with Crippen molar-refractivity contribution < 1.29 is 14.7 Å². The maximum atomic E-state index is 11.9. The van der Waals surface area contributed by atoms with Gasteiger partial charge in [-0.15, -0.1) is 0 Å². The van der Waals surface area contributed by atoms with Gasteiger partial charge in [-0.1, -0.05) is 29.8 Å². The number of carboxylic acid groups (broad SMARTS) is 1. The van der Waals surface area contributed by atoms with Crippen molar-refractivity contribution in [3.8, 4) is 0 Å². The molecule has 0 unspecified atom stereocenters. The average Bonchev–Trinajstić information content (AvgIpc) is 2.41. The molecule has 102 valence electrons. The fourth-order valence-electron chi connectivity index (χ4n) is 2.03. The minimum atomic E-state index is -1.06. The van der Waals surface area contributed by atoms with Crippen LogP contribution in [0.3, 0.4) is 0 Å². The molecule has 2 aromatic carbocycles. The number of amides is 1. The molecule has 2 aromatic rings. The summed E-state index contributed by atoms with van der Waals surface area (Å²) in [6, 6.07) is 13.8. The largest absolute Gasteiger partial charge is 0.478 e. The van der Waals surface area contributed by atoms with Gasteiger partial charge in [0.15, 0.2) is 0 Å². The fraction of sp³-hybridized carbons (Fsp3) is 0.125. The number of aryl methyl sites for hydroxylation is 1. The van der Waals surface area contributed by atoms with Crippen molar-refractivity contribution in [2.75, 3.05) is 4.90 Å². The first kappa shape index (κ1) is 13.8. The number of anilines is 2. The third-order valence-corrected chi connectivity index (χ3v) is 2.98. The molecule has 0 aliphatic rings. The first-order chi connectivity index (χ1) is 9.50. The molecular formula is C16H15NO3. The van der Waals surface area contributed by atoms with E-state index in [2.05, 4.69) is 0 Å². The van der Waals surface area contributed by atoms with Gasteiger partial charge in [-0.05, 0) is 31.2 Å². The molecule has 0 spiro atoms. The topological polar surface area (TPSA) is 57.6 Å². The Morgan fingerprint density at radius 1 is 1.00 bits per heavy atom. The lowest BCUT2D eigenvalue weighted by Crippen LogP contribution is -2.24. The van der Waals surface area contributed by atoms with Gasteiger partial charge >= 0.3 is 5.97 Å². The number of carbonyl (C=O) groups excluding carboxylic acids is 1. The first-order valence-electron chi connectivity index (χ1n) is 6.20. The van der Waals surface area contributed by atoms with Crippen LogP contribution in [0.1, 0.15) is 22.8 Å². The second-order valence-corrected chi connectivity index (χ2v) is 4.51. The standard InChI is InChI=1S/C16H15NO3/c1-11-7-9-13(10-8-11)17(12(2)18)15-6-4-3-5-14(15)16(19)20/h3-10H,1-2H3,(H,19,20). The highest BCUT2D eigenvalue weighted by Gasteiger charge is 2.20. The van der Waals surface area contributed by atoms with Gasteiger partial charge in [0, 0.05) is 12.6 Å². The quantitative estimate of drug-likeness (QED) is 0.929. The van der Waals surface area contributed by atoms with E-state index in [1.165, 1.54) is 17.9 Å². The van der Waals surface area contributed by atoms with Crippen molar-refractivity contribution in [2.45, 2.75) is 13.8 Å². The van der Waals surface area contributed by atoms with Crippen molar-refractivity contribution in [1.29, 1.82) is 0 Å². The van der Waals surface area contributed by atoms with Gasteiger partial charge < -0.3 is 5.11 Å². The highest BCUT2D eigenvalue weighted by atomic mass is 16.4.